The number of benzene rings is 1. The van der Waals surface area contributed by atoms with Crippen LogP contribution in [-0.2, 0) is 63.4 Å². The van der Waals surface area contributed by atoms with Crippen molar-refractivity contribution < 1.29 is 50.6 Å². The van der Waals surface area contributed by atoms with Crippen LogP contribution in [-0.4, -0.2) is 0 Å². The molecule has 0 bridgehead atoms. The van der Waals surface area contributed by atoms with Crippen LogP contribution < -0.4 is 0 Å². The summed E-state index contributed by atoms with van der Waals surface area (Å²) in [7, 11) is 0. The molecule has 1 rings (SSSR count). The minimum Gasteiger partial charge on any atom is -2.00 e. The van der Waals surface area contributed by atoms with Gasteiger partial charge in [0.2, 0.25) is 0 Å². The normalized spacial score (nSPS) is 6.53. The van der Waals surface area contributed by atoms with Gasteiger partial charge >= 0.3 is 34.1 Å². The van der Waals surface area contributed by atoms with E-state index >= 15 is 0 Å². The zero-order valence-electron chi connectivity index (χ0n) is 8.66. The van der Waals surface area contributed by atoms with E-state index in [0.29, 0.717) is 0 Å². The zero-order valence-corrected chi connectivity index (χ0v) is 10.9. The second-order valence-electron chi connectivity index (χ2n) is 2.48. The Labute approximate surface area is 113 Å². The molecule has 1 aromatic carbocycles. The Balaban J connectivity index is -0.0000000667. The monoisotopic (exact) mass is 294 g/mol. The van der Waals surface area contributed by atoms with E-state index in [2.05, 4.69) is 38.1 Å². The molecule has 2 radical (unpaired) electrons. The van der Waals surface area contributed by atoms with E-state index in [1.807, 2.05) is 0 Å². The van der Waals surface area contributed by atoms with E-state index in [1.54, 1.807) is 0 Å². The Morgan fingerprint density at radius 1 is 0.733 bits per heavy atom. The van der Waals surface area contributed by atoms with Gasteiger partial charge in [-0.25, -0.2) is 0 Å². The van der Waals surface area contributed by atoms with Crippen molar-refractivity contribution in [2.75, 3.05) is 0 Å². The molecule has 0 amide bonds. The molecule has 88 valence electrons. The summed E-state index contributed by atoms with van der Waals surface area (Å²) in [5.41, 5.74) is 2.98. The first-order valence-corrected chi connectivity index (χ1v) is 3.95. The molecule has 0 unspecified atom stereocenters. The van der Waals surface area contributed by atoms with Gasteiger partial charge in [-0.2, -0.15) is 0 Å². The minimum absolute atomic E-state index is 0. The molecule has 0 saturated carbocycles. The maximum atomic E-state index is 2.21. The molecule has 0 saturated heterocycles. The van der Waals surface area contributed by atoms with Crippen LogP contribution in [0.25, 0.3) is 0 Å². The molecule has 0 fully saturated rings. The molecule has 0 aliphatic heterocycles. The Morgan fingerprint density at radius 2 is 1.00 bits per heavy atom. The Bertz CT molecular complexity index is 197. The molecule has 1 aromatic rings. The standard InChI is InChI=1S/C10H14.2Fe.3O/c1-3-9-7-5-6-8-10(9)4-2;;;;;/h5-8H,3-4H2,1-2H3;;;;;/q;2*+3;3*-2. The van der Waals surface area contributed by atoms with Crippen LogP contribution >= 0.6 is 0 Å². The third kappa shape index (κ3) is 9.09. The molecular formula is C10H14Fe2O3. The SMILES string of the molecule is CCc1ccccc1CC.[Fe+3].[Fe+3].[O-2].[O-2].[O-2]. The van der Waals surface area contributed by atoms with Crippen LogP contribution in [0.4, 0.5) is 0 Å². The summed E-state index contributed by atoms with van der Waals surface area (Å²) in [6, 6.07) is 8.63. The molecule has 3 nitrogen and oxygen atoms in total. The van der Waals surface area contributed by atoms with Crippen molar-refractivity contribution in [1.29, 1.82) is 0 Å². The molecule has 0 spiro atoms. The Hall–Kier alpha value is 0.139. The molecule has 0 aliphatic carbocycles. The van der Waals surface area contributed by atoms with Crippen LogP contribution in [0.2, 0.25) is 0 Å². The van der Waals surface area contributed by atoms with Crippen molar-refractivity contribution in [3.05, 3.63) is 35.4 Å². The van der Waals surface area contributed by atoms with Crippen molar-refractivity contribution in [3.63, 3.8) is 0 Å². The summed E-state index contributed by atoms with van der Waals surface area (Å²) < 4.78 is 0. The van der Waals surface area contributed by atoms with Crippen LogP contribution in [0.15, 0.2) is 24.3 Å². The van der Waals surface area contributed by atoms with Gasteiger partial charge < -0.3 is 16.4 Å². The molecule has 15 heavy (non-hydrogen) atoms. The van der Waals surface area contributed by atoms with Gasteiger partial charge in [0.15, 0.2) is 0 Å². The summed E-state index contributed by atoms with van der Waals surface area (Å²) >= 11 is 0. The molecule has 0 heterocycles. The first-order valence-electron chi connectivity index (χ1n) is 3.95. The Kier molecular flexibility index (Phi) is 32.5. The van der Waals surface area contributed by atoms with Gasteiger partial charge in [-0.05, 0) is 24.0 Å². The third-order valence-corrected chi connectivity index (χ3v) is 1.88. The third-order valence-electron chi connectivity index (χ3n) is 1.88. The smallest absolute Gasteiger partial charge is 2.00 e. The van der Waals surface area contributed by atoms with Crippen LogP contribution in [0.3, 0.4) is 0 Å². The quantitative estimate of drug-likeness (QED) is 0.750. The summed E-state index contributed by atoms with van der Waals surface area (Å²) in [5.74, 6) is 0. The van der Waals surface area contributed by atoms with Gasteiger partial charge in [-0.3, -0.25) is 0 Å². The van der Waals surface area contributed by atoms with E-state index in [0.717, 1.165) is 12.8 Å². The van der Waals surface area contributed by atoms with Gasteiger partial charge in [-0.1, -0.05) is 38.1 Å². The van der Waals surface area contributed by atoms with Gasteiger partial charge in [0.1, 0.15) is 0 Å². The largest absolute Gasteiger partial charge is 3.00 e. The first-order chi connectivity index (χ1) is 4.88. The average molecular weight is 294 g/mol. The van der Waals surface area contributed by atoms with E-state index in [4.69, 9.17) is 0 Å². The van der Waals surface area contributed by atoms with Gasteiger partial charge in [0, 0.05) is 0 Å². The van der Waals surface area contributed by atoms with E-state index in [9.17, 15) is 0 Å². The zero-order chi connectivity index (χ0) is 7.40. The number of hydrogen-bond donors (Lipinski definition) is 0. The molecule has 5 heteroatoms. The summed E-state index contributed by atoms with van der Waals surface area (Å²) in [5, 5.41) is 0. The fourth-order valence-corrected chi connectivity index (χ4v) is 1.25. The van der Waals surface area contributed by atoms with Gasteiger partial charge in [0.25, 0.3) is 0 Å². The van der Waals surface area contributed by atoms with Crippen molar-refractivity contribution in [2.45, 2.75) is 26.7 Å². The van der Waals surface area contributed by atoms with Crippen molar-refractivity contribution in [2.24, 2.45) is 0 Å². The predicted octanol–water partition coefficient (Wildman–Crippen LogP) is 2.45. The van der Waals surface area contributed by atoms with E-state index in [-0.39, 0.29) is 50.6 Å². The Morgan fingerprint density at radius 3 is 1.20 bits per heavy atom. The maximum Gasteiger partial charge on any atom is 3.00 e. The molecule has 0 aromatic heterocycles. The van der Waals surface area contributed by atoms with Crippen LogP contribution in [0, 0.1) is 0 Å². The summed E-state index contributed by atoms with van der Waals surface area (Å²) in [4.78, 5) is 0. The molecular weight excluding hydrogens is 280 g/mol. The maximum absolute atomic E-state index is 2.21. The van der Waals surface area contributed by atoms with Crippen molar-refractivity contribution >= 4 is 0 Å². The fourth-order valence-electron chi connectivity index (χ4n) is 1.25. The van der Waals surface area contributed by atoms with Crippen LogP contribution in [0.5, 0.6) is 0 Å². The van der Waals surface area contributed by atoms with Gasteiger partial charge in [0.05, 0.1) is 0 Å². The van der Waals surface area contributed by atoms with Crippen molar-refractivity contribution in [3.8, 4) is 0 Å². The molecule has 0 atom stereocenters. The second kappa shape index (κ2) is 16.6. The average Bonchev–Trinajstić information content (AvgIpc) is 2.04. The van der Waals surface area contributed by atoms with E-state index in [1.165, 1.54) is 11.1 Å². The first kappa shape index (κ1) is 29.4. The number of hydrogen-bond acceptors (Lipinski definition) is 0. The second-order valence-corrected chi connectivity index (χ2v) is 2.48. The fraction of sp³-hybridized carbons (Fsp3) is 0.400. The van der Waals surface area contributed by atoms with E-state index < -0.39 is 0 Å². The topological polar surface area (TPSA) is 85.5 Å². The minimum atomic E-state index is 0. The summed E-state index contributed by atoms with van der Waals surface area (Å²) in [6.45, 7) is 4.41. The molecule has 0 N–H and O–H groups in total. The number of rotatable bonds is 2. The van der Waals surface area contributed by atoms with Crippen molar-refractivity contribution in [1.82, 2.24) is 0 Å². The predicted molar refractivity (Wildman–Crippen MR) is 47.3 cm³/mol. The van der Waals surface area contributed by atoms with Gasteiger partial charge in [-0.15, -0.1) is 0 Å². The summed E-state index contributed by atoms with van der Waals surface area (Å²) in [6.07, 6.45) is 2.31. The molecule has 0 aliphatic rings. The van der Waals surface area contributed by atoms with Crippen LogP contribution in [0.1, 0.15) is 25.0 Å². The number of aryl methyl sites for hydroxylation is 2.